The lowest BCUT2D eigenvalue weighted by Gasteiger charge is -2.38. The van der Waals surface area contributed by atoms with Gasteiger partial charge in [-0.1, -0.05) is 0 Å². The monoisotopic (exact) mass is 476 g/mol. The minimum absolute atomic E-state index is 0.0268. The summed E-state index contributed by atoms with van der Waals surface area (Å²) in [7, 11) is 1.48. The number of benzene rings is 2. The van der Waals surface area contributed by atoms with Gasteiger partial charge in [0.2, 0.25) is 12.0 Å². The van der Waals surface area contributed by atoms with Crippen LogP contribution < -0.4 is 14.9 Å². The molecule has 1 saturated heterocycles. The number of rotatable bonds is 5. The van der Waals surface area contributed by atoms with Gasteiger partial charge in [-0.25, -0.2) is 4.79 Å². The SMILES string of the molecule is COc1ccc(-c2cc(=O)c3c(O)cc(O)c(O[C@@H]4O[C@H](C(=O)O)[C@@H](O)[C@H](O)[C@H]4O)c3o2)cc1. The molecule has 2 heterocycles. The second kappa shape index (κ2) is 8.83. The van der Waals surface area contributed by atoms with Gasteiger partial charge < -0.3 is 49.3 Å². The van der Waals surface area contributed by atoms with E-state index in [-0.39, 0.29) is 11.1 Å². The lowest BCUT2D eigenvalue weighted by Crippen LogP contribution is -2.61. The highest BCUT2D eigenvalue weighted by atomic mass is 16.7. The van der Waals surface area contributed by atoms with Gasteiger partial charge in [0.15, 0.2) is 22.9 Å². The molecule has 2 aromatic carbocycles. The lowest BCUT2D eigenvalue weighted by atomic mass is 9.99. The van der Waals surface area contributed by atoms with Crippen LogP contribution in [0.1, 0.15) is 0 Å². The number of methoxy groups -OCH3 is 1. The molecule has 1 aliphatic heterocycles. The lowest BCUT2D eigenvalue weighted by molar-refractivity contribution is -0.271. The highest BCUT2D eigenvalue weighted by Gasteiger charge is 2.48. The Bertz CT molecular complexity index is 1280. The molecule has 12 heteroatoms. The Labute approximate surface area is 190 Å². The van der Waals surface area contributed by atoms with E-state index in [0.29, 0.717) is 11.3 Å². The molecule has 0 radical (unpaired) electrons. The molecule has 0 aliphatic carbocycles. The predicted octanol–water partition coefficient (Wildman–Crippen LogP) is 0.151. The molecular formula is C22H20O12. The van der Waals surface area contributed by atoms with E-state index >= 15 is 0 Å². The second-order valence-corrected chi connectivity index (χ2v) is 7.50. The van der Waals surface area contributed by atoms with E-state index in [9.17, 15) is 40.2 Å². The smallest absolute Gasteiger partial charge is 0.335 e. The molecule has 4 rings (SSSR count). The first kappa shape index (κ1) is 23.3. The van der Waals surface area contributed by atoms with Gasteiger partial charge in [0.05, 0.1) is 7.11 Å². The molecule has 12 nitrogen and oxygen atoms in total. The van der Waals surface area contributed by atoms with Crippen LogP contribution in [-0.4, -0.2) is 74.4 Å². The van der Waals surface area contributed by atoms with Gasteiger partial charge >= 0.3 is 5.97 Å². The molecule has 0 spiro atoms. The highest BCUT2D eigenvalue weighted by Crippen LogP contribution is 2.42. The molecule has 0 saturated carbocycles. The first-order chi connectivity index (χ1) is 16.1. The van der Waals surface area contributed by atoms with Crippen LogP contribution >= 0.6 is 0 Å². The molecule has 6 N–H and O–H groups in total. The summed E-state index contributed by atoms with van der Waals surface area (Å²) in [5.41, 5.74) is -0.690. The summed E-state index contributed by atoms with van der Waals surface area (Å²) in [6.07, 6.45) is -9.72. The van der Waals surface area contributed by atoms with E-state index < -0.39 is 64.9 Å². The number of carboxylic acids is 1. The number of phenols is 2. The number of phenolic OH excluding ortho intramolecular Hbond substituents is 2. The first-order valence-corrected chi connectivity index (χ1v) is 9.88. The van der Waals surface area contributed by atoms with E-state index in [4.69, 9.17) is 18.6 Å². The maximum atomic E-state index is 12.8. The minimum Gasteiger partial charge on any atom is -0.507 e. The highest BCUT2D eigenvalue weighted by molar-refractivity contribution is 5.91. The average Bonchev–Trinajstić information content (AvgIpc) is 2.80. The van der Waals surface area contributed by atoms with Crippen molar-refractivity contribution in [2.75, 3.05) is 7.11 Å². The summed E-state index contributed by atoms with van der Waals surface area (Å²) in [5, 5.41) is 59.5. The third kappa shape index (κ3) is 3.99. The number of carbonyl (C=O) groups is 1. The number of hydrogen-bond acceptors (Lipinski definition) is 11. The van der Waals surface area contributed by atoms with Crippen LogP contribution in [0, 0.1) is 0 Å². The van der Waals surface area contributed by atoms with Gasteiger partial charge in [-0.3, -0.25) is 4.79 Å². The summed E-state index contributed by atoms with van der Waals surface area (Å²) < 4.78 is 21.3. The van der Waals surface area contributed by atoms with Crippen LogP contribution in [0.5, 0.6) is 23.0 Å². The number of aromatic hydroxyl groups is 2. The summed E-state index contributed by atoms with van der Waals surface area (Å²) in [5.74, 6) is -3.00. The van der Waals surface area contributed by atoms with Gasteiger partial charge in [0, 0.05) is 17.7 Å². The molecule has 1 fully saturated rings. The molecule has 0 unspecified atom stereocenters. The van der Waals surface area contributed by atoms with E-state index in [1.807, 2.05) is 0 Å². The maximum absolute atomic E-state index is 12.8. The van der Waals surface area contributed by atoms with Crippen LogP contribution in [-0.2, 0) is 9.53 Å². The average molecular weight is 476 g/mol. The Morgan fingerprint density at radius 1 is 0.971 bits per heavy atom. The van der Waals surface area contributed by atoms with E-state index in [0.717, 1.165) is 12.1 Å². The van der Waals surface area contributed by atoms with Crippen LogP contribution in [0.4, 0.5) is 0 Å². The van der Waals surface area contributed by atoms with Crippen LogP contribution in [0.25, 0.3) is 22.3 Å². The molecule has 180 valence electrons. The largest absolute Gasteiger partial charge is 0.507 e. The number of aliphatic hydroxyl groups is 3. The van der Waals surface area contributed by atoms with Gasteiger partial charge in [0.1, 0.15) is 41.0 Å². The summed E-state index contributed by atoms with van der Waals surface area (Å²) in [4.78, 5) is 24.1. The minimum atomic E-state index is -1.97. The fourth-order valence-corrected chi connectivity index (χ4v) is 3.56. The molecule has 0 bridgehead atoms. The first-order valence-electron chi connectivity index (χ1n) is 9.88. The number of fused-ring (bicyclic) bond motifs is 1. The third-order valence-electron chi connectivity index (χ3n) is 5.34. The molecule has 1 aliphatic rings. The zero-order valence-corrected chi connectivity index (χ0v) is 17.5. The third-order valence-corrected chi connectivity index (χ3v) is 5.34. The standard InChI is InChI=1S/C22H20O12/c1-31-9-4-2-8(3-5-9)13-7-11(24)14-10(23)6-12(25)18(19(14)32-13)33-22-17(28)15(26)16(27)20(34-22)21(29)30/h2-7,15-17,20,22-23,25-28H,1H3,(H,29,30)/t15-,16-,17+,20-,22+/m0/s1. The number of aliphatic hydroxyl groups excluding tert-OH is 3. The van der Waals surface area contributed by atoms with Gasteiger partial charge in [-0.15, -0.1) is 0 Å². The van der Waals surface area contributed by atoms with Crippen molar-refractivity contribution in [3.8, 4) is 34.3 Å². The van der Waals surface area contributed by atoms with Crippen molar-refractivity contribution in [3.05, 3.63) is 46.6 Å². The number of ether oxygens (including phenoxy) is 3. The van der Waals surface area contributed by atoms with E-state index in [2.05, 4.69) is 0 Å². The molecule has 0 amide bonds. The van der Waals surface area contributed by atoms with Gasteiger partial charge in [-0.2, -0.15) is 0 Å². The topological polar surface area (TPSA) is 196 Å². The summed E-state index contributed by atoms with van der Waals surface area (Å²) >= 11 is 0. The van der Waals surface area contributed by atoms with E-state index in [1.54, 1.807) is 24.3 Å². The Morgan fingerprint density at radius 2 is 1.65 bits per heavy atom. The molecule has 3 aromatic rings. The number of carboxylic acid groups (broad SMARTS) is 1. The van der Waals surface area contributed by atoms with Crippen LogP contribution in [0.15, 0.2) is 45.6 Å². The van der Waals surface area contributed by atoms with Crippen molar-refractivity contribution < 1.29 is 54.1 Å². The van der Waals surface area contributed by atoms with Crippen molar-refractivity contribution in [1.82, 2.24) is 0 Å². The zero-order valence-electron chi connectivity index (χ0n) is 17.5. The van der Waals surface area contributed by atoms with Crippen molar-refractivity contribution >= 4 is 16.9 Å². The zero-order chi connectivity index (χ0) is 24.7. The summed E-state index contributed by atoms with van der Waals surface area (Å²) in [6, 6.07) is 8.31. The number of hydrogen-bond donors (Lipinski definition) is 6. The second-order valence-electron chi connectivity index (χ2n) is 7.50. The summed E-state index contributed by atoms with van der Waals surface area (Å²) in [6.45, 7) is 0. The fourth-order valence-electron chi connectivity index (χ4n) is 3.56. The fraction of sp³-hybridized carbons (Fsp3) is 0.273. The Morgan fingerprint density at radius 3 is 2.26 bits per heavy atom. The van der Waals surface area contributed by atoms with Crippen LogP contribution in [0.3, 0.4) is 0 Å². The van der Waals surface area contributed by atoms with Crippen molar-refractivity contribution in [2.45, 2.75) is 30.7 Å². The van der Waals surface area contributed by atoms with Crippen molar-refractivity contribution in [3.63, 3.8) is 0 Å². The van der Waals surface area contributed by atoms with Crippen molar-refractivity contribution in [1.29, 1.82) is 0 Å². The quantitative estimate of drug-likeness (QED) is 0.292. The Balaban J connectivity index is 1.82. The van der Waals surface area contributed by atoms with Gasteiger partial charge in [-0.05, 0) is 24.3 Å². The Kier molecular flexibility index (Phi) is 6.06. The molecular weight excluding hydrogens is 456 g/mol. The van der Waals surface area contributed by atoms with Crippen molar-refractivity contribution in [2.24, 2.45) is 0 Å². The van der Waals surface area contributed by atoms with Gasteiger partial charge in [0.25, 0.3) is 0 Å². The molecule has 5 atom stereocenters. The maximum Gasteiger partial charge on any atom is 0.335 e. The predicted molar refractivity (Wildman–Crippen MR) is 113 cm³/mol. The van der Waals surface area contributed by atoms with E-state index in [1.165, 1.54) is 7.11 Å². The van der Waals surface area contributed by atoms with Crippen LogP contribution in [0.2, 0.25) is 0 Å². The molecule has 34 heavy (non-hydrogen) atoms. The normalized spacial score (nSPS) is 24.6. The Hall–Kier alpha value is -3.84. The molecule has 1 aromatic heterocycles. The number of aliphatic carboxylic acids is 1.